The Kier molecular flexibility index (Phi) is 5.66. The number of nitrogens with one attached hydrogen (secondary N) is 1. The maximum atomic E-state index is 13.0. The van der Waals surface area contributed by atoms with Gasteiger partial charge in [0.1, 0.15) is 28.1 Å². The van der Waals surface area contributed by atoms with Gasteiger partial charge in [0.05, 0.1) is 19.8 Å². The molecule has 28 heavy (non-hydrogen) atoms. The second-order valence-corrected chi connectivity index (χ2v) is 9.22. The Morgan fingerprint density at radius 2 is 1.89 bits per heavy atom. The molecule has 3 rings (SSSR count). The number of anilines is 1. The lowest BCUT2D eigenvalue weighted by Crippen LogP contribution is -2.26. The zero-order valence-corrected chi connectivity index (χ0v) is 17.8. The van der Waals surface area contributed by atoms with Gasteiger partial charge in [-0.05, 0) is 48.3 Å². The van der Waals surface area contributed by atoms with Crippen LogP contribution in [0.25, 0.3) is 0 Å². The average Bonchev–Trinajstić information content (AvgIpc) is 3.02. The molecule has 1 aromatic heterocycles. The summed E-state index contributed by atoms with van der Waals surface area (Å²) in [5.74, 6) is 1.11. The normalized spacial score (nSPS) is 16.1. The lowest BCUT2D eigenvalue weighted by molar-refractivity contribution is 0.102. The molecule has 1 amide bonds. The summed E-state index contributed by atoms with van der Waals surface area (Å²) in [5, 5.41) is 13.3. The fourth-order valence-electron chi connectivity index (χ4n) is 3.77. The molecule has 0 fully saturated rings. The highest BCUT2D eigenvalue weighted by molar-refractivity contribution is 7.16. The third-order valence-electron chi connectivity index (χ3n) is 5.48. The highest BCUT2D eigenvalue weighted by Gasteiger charge is 2.32. The zero-order chi connectivity index (χ0) is 20.5. The minimum Gasteiger partial charge on any atom is -0.496 e. The van der Waals surface area contributed by atoms with Crippen LogP contribution in [-0.2, 0) is 12.8 Å². The van der Waals surface area contributed by atoms with Crippen molar-refractivity contribution in [1.82, 2.24) is 0 Å². The van der Waals surface area contributed by atoms with E-state index in [2.05, 4.69) is 32.2 Å². The largest absolute Gasteiger partial charge is 0.496 e. The molecule has 1 unspecified atom stereocenters. The lowest BCUT2D eigenvalue weighted by atomic mass is 9.72. The lowest BCUT2D eigenvalue weighted by Gasteiger charge is -2.33. The second kappa shape index (κ2) is 7.84. The van der Waals surface area contributed by atoms with Crippen molar-refractivity contribution in [3.05, 3.63) is 39.8 Å². The second-order valence-electron chi connectivity index (χ2n) is 8.12. The minimum atomic E-state index is -0.336. The molecule has 148 valence electrons. The predicted molar refractivity (Wildman–Crippen MR) is 112 cm³/mol. The molecule has 2 aromatic rings. The van der Waals surface area contributed by atoms with Gasteiger partial charge in [0, 0.05) is 4.88 Å². The van der Waals surface area contributed by atoms with Gasteiger partial charge in [0.15, 0.2) is 0 Å². The highest BCUT2D eigenvalue weighted by atomic mass is 32.1. The monoisotopic (exact) mass is 398 g/mol. The predicted octanol–water partition coefficient (Wildman–Crippen LogP) is 5.04. The molecule has 1 N–H and O–H groups in total. The fraction of sp³-hybridized carbons (Fsp3) is 0.455. The van der Waals surface area contributed by atoms with E-state index in [1.807, 2.05) is 0 Å². The molecule has 1 heterocycles. The van der Waals surface area contributed by atoms with Gasteiger partial charge in [-0.3, -0.25) is 4.79 Å². The Morgan fingerprint density at radius 3 is 2.43 bits per heavy atom. The number of hydrogen-bond donors (Lipinski definition) is 1. The molecular weight excluding hydrogens is 372 g/mol. The first-order chi connectivity index (χ1) is 13.3. The first-order valence-corrected chi connectivity index (χ1v) is 10.2. The van der Waals surface area contributed by atoms with Crippen LogP contribution in [0.2, 0.25) is 0 Å². The van der Waals surface area contributed by atoms with E-state index >= 15 is 0 Å². The smallest absolute Gasteiger partial charge is 0.263 e. The van der Waals surface area contributed by atoms with Crippen LogP contribution in [0.5, 0.6) is 11.5 Å². The molecule has 6 heteroatoms. The molecule has 0 spiro atoms. The molecule has 5 nitrogen and oxygen atoms in total. The summed E-state index contributed by atoms with van der Waals surface area (Å²) >= 11 is 1.52. The molecule has 0 saturated carbocycles. The summed E-state index contributed by atoms with van der Waals surface area (Å²) in [6, 6.07) is 7.51. The SMILES string of the molecule is COc1cccc(OC)c1C(=O)Nc1sc2c(c1C#N)CCC(C(C)(C)C)C2. The number of hydrogen-bond acceptors (Lipinski definition) is 5. The molecular formula is C22H26N2O3S. The Morgan fingerprint density at radius 1 is 1.25 bits per heavy atom. The van der Waals surface area contributed by atoms with E-state index < -0.39 is 0 Å². The van der Waals surface area contributed by atoms with Crippen molar-refractivity contribution >= 4 is 22.2 Å². The molecule has 1 aliphatic rings. The van der Waals surface area contributed by atoms with Gasteiger partial charge in [-0.25, -0.2) is 0 Å². The third-order valence-corrected chi connectivity index (χ3v) is 6.65. The van der Waals surface area contributed by atoms with Crippen molar-refractivity contribution in [2.45, 2.75) is 40.0 Å². The van der Waals surface area contributed by atoms with Gasteiger partial charge in [-0.2, -0.15) is 5.26 Å². The number of amides is 1. The standard InChI is InChI=1S/C22H26N2O3S/c1-22(2,3)13-9-10-14-15(12-23)21(28-18(14)11-13)24-20(25)19-16(26-4)7-6-8-17(19)27-5/h6-8,13H,9-11H2,1-5H3,(H,24,25). The number of methoxy groups -OCH3 is 2. The van der Waals surface area contributed by atoms with Gasteiger partial charge in [0.2, 0.25) is 0 Å². The number of carbonyl (C=O) groups excluding carboxylic acids is 1. The topological polar surface area (TPSA) is 71.3 Å². The fourth-order valence-corrected chi connectivity index (χ4v) is 5.04. The van der Waals surface area contributed by atoms with E-state index in [0.717, 1.165) is 24.8 Å². The van der Waals surface area contributed by atoms with Crippen LogP contribution in [0.15, 0.2) is 18.2 Å². The number of carbonyl (C=O) groups is 1. The van der Waals surface area contributed by atoms with E-state index in [-0.39, 0.29) is 11.3 Å². The van der Waals surface area contributed by atoms with Crippen LogP contribution in [0.3, 0.4) is 0 Å². The van der Waals surface area contributed by atoms with Crippen LogP contribution in [0.4, 0.5) is 5.00 Å². The maximum Gasteiger partial charge on any atom is 0.263 e. The highest BCUT2D eigenvalue weighted by Crippen LogP contribution is 2.44. The summed E-state index contributed by atoms with van der Waals surface area (Å²) < 4.78 is 10.7. The Bertz CT molecular complexity index is 912. The third kappa shape index (κ3) is 3.72. The van der Waals surface area contributed by atoms with E-state index in [4.69, 9.17) is 9.47 Å². The first-order valence-electron chi connectivity index (χ1n) is 9.37. The van der Waals surface area contributed by atoms with Crippen molar-refractivity contribution in [1.29, 1.82) is 5.26 Å². The van der Waals surface area contributed by atoms with Crippen molar-refractivity contribution in [2.75, 3.05) is 19.5 Å². The Labute approximate surface area is 170 Å². The quantitative estimate of drug-likeness (QED) is 0.783. The number of ether oxygens (including phenoxy) is 2. The number of nitrogens with zero attached hydrogens (tertiary/aromatic N) is 1. The van der Waals surface area contributed by atoms with Crippen molar-refractivity contribution in [3.8, 4) is 17.6 Å². The maximum absolute atomic E-state index is 13.0. The molecule has 0 radical (unpaired) electrons. The van der Waals surface area contributed by atoms with E-state index in [1.165, 1.54) is 30.4 Å². The summed E-state index contributed by atoms with van der Waals surface area (Å²) in [7, 11) is 3.03. The summed E-state index contributed by atoms with van der Waals surface area (Å²) in [5.41, 5.74) is 2.24. The zero-order valence-electron chi connectivity index (χ0n) is 17.0. The molecule has 0 saturated heterocycles. The van der Waals surface area contributed by atoms with Gasteiger partial charge >= 0.3 is 0 Å². The van der Waals surface area contributed by atoms with E-state index in [0.29, 0.717) is 33.5 Å². The van der Waals surface area contributed by atoms with E-state index in [1.54, 1.807) is 18.2 Å². The van der Waals surface area contributed by atoms with Gasteiger partial charge in [-0.1, -0.05) is 26.8 Å². The molecule has 1 aromatic carbocycles. The van der Waals surface area contributed by atoms with Crippen molar-refractivity contribution in [2.24, 2.45) is 11.3 Å². The number of thiophene rings is 1. The average molecular weight is 399 g/mol. The van der Waals surface area contributed by atoms with Crippen LogP contribution in [0.1, 0.15) is 53.6 Å². The van der Waals surface area contributed by atoms with Crippen LogP contribution < -0.4 is 14.8 Å². The summed E-state index contributed by atoms with van der Waals surface area (Å²) in [6.07, 6.45) is 2.90. The van der Waals surface area contributed by atoms with Crippen molar-refractivity contribution in [3.63, 3.8) is 0 Å². The van der Waals surface area contributed by atoms with Crippen LogP contribution >= 0.6 is 11.3 Å². The number of nitriles is 1. The van der Waals surface area contributed by atoms with E-state index in [9.17, 15) is 10.1 Å². The number of rotatable bonds is 4. The minimum absolute atomic E-state index is 0.225. The molecule has 1 aliphatic carbocycles. The molecule has 0 bridgehead atoms. The molecule has 0 aliphatic heterocycles. The molecule has 1 atom stereocenters. The van der Waals surface area contributed by atoms with Gasteiger partial charge < -0.3 is 14.8 Å². The summed E-state index contributed by atoms with van der Waals surface area (Å²) in [6.45, 7) is 6.79. The van der Waals surface area contributed by atoms with Gasteiger partial charge in [-0.15, -0.1) is 11.3 Å². The van der Waals surface area contributed by atoms with Crippen molar-refractivity contribution < 1.29 is 14.3 Å². The first kappa shape index (κ1) is 20.2. The Hall–Kier alpha value is -2.52. The summed E-state index contributed by atoms with van der Waals surface area (Å²) in [4.78, 5) is 14.2. The number of benzene rings is 1. The Balaban J connectivity index is 1.94. The van der Waals surface area contributed by atoms with Crippen LogP contribution in [0, 0.1) is 22.7 Å². The van der Waals surface area contributed by atoms with Gasteiger partial charge in [0.25, 0.3) is 5.91 Å². The number of fused-ring (bicyclic) bond motifs is 1. The van der Waals surface area contributed by atoms with Crippen LogP contribution in [-0.4, -0.2) is 20.1 Å².